The quantitative estimate of drug-likeness (QED) is 0.655. The Bertz CT molecular complexity index is 473. The number of nitrogens with one attached hydrogen (secondary N) is 1. The predicted octanol–water partition coefficient (Wildman–Crippen LogP) is 0.462. The smallest absolute Gasteiger partial charge is 0.394 e. The molecule has 0 radical (unpaired) electrons. The fraction of sp³-hybridized carbons (Fsp3) is 0. The van der Waals surface area contributed by atoms with Gasteiger partial charge in [0.1, 0.15) is 0 Å². The third kappa shape index (κ3) is 2.48. The predicted molar refractivity (Wildman–Crippen MR) is 56.2 cm³/mol. The van der Waals surface area contributed by atoms with E-state index in [1.807, 2.05) is 5.32 Å². The summed E-state index contributed by atoms with van der Waals surface area (Å²) in [6, 6.07) is 4.18. The Morgan fingerprint density at radius 3 is 2.44 bits per heavy atom. The minimum Gasteiger partial charge on any atom is -0.474 e. The number of hydrogen-bond donors (Lipinski definition) is 3. The van der Waals surface area contributed by atoms with Gasteiger partial charge in [0.2, 0.25) is 0 Å². The summed E-state index contributed by atoms with van der Waals surface area (Å²) < 4.78 is 0. The minimum atomic E-state index is -1.67. The third-order valence-corrected chi connectivity index (χ3v) is 2.02. The molecule has 0 atom stereocenters. The highest BCUT2D eigenvalue weighted by atomic mass is 35.5. The van der Waals surface area contributed by atoms with Gasteiger partial charge in [-0.05, 0) is 12.1 Å². The summed E-state index contributed by atoms with van der Waals surface area (Å²) in [7, 11) is 0. The van der Waals surface area contributed by atoms with Crippen molar-refractivity contribution in [1.29, 1.82) is 0 Å². The van der Waals surface area contributed by atoms with Gasteiger partial charge < -0.3 is 16.2 Å². The van der Waals surface area contributed by atoms with Crippen LogP contribution in [0.3, 0.4) is 0 Å². The maximum Gasteiger partial charge on any atom is 0.394 e. The number of carbonyl (C=O) groups is 3. The zero-order valence-corrected chi connectivity index (χ0v) is 8.62. The Hall–Kier alpha value is -2.08. The first-order valence-corrected chi connectivity index (χ1v) is 4.44. The van der Waals surface area contributed by atoms with E-state index in [4.69, 9.17) is 22.4 Å². The molecule has 0 unspecified atom stereocenters. The first-order chi connectivity index (χ1) is 7.43. The fourth-order valence-electron chi connectivity index (χ4n) is 1.05. The Morgan fingerprint density at radius 2 is 1.94 bits per heavy atom. The van der Waals surface area contributed by atoms with E-state index in [1.165, 1.54) is 18.2 Å². The molecule has 6 nitrogen and oxygen atoms in total. The van der Waals surface area contributed by atoms with Gasteiger partial charge in [-0.25, -0.2) is 4.79 Å². The van der Waals surface area contributed by atoms with Gasteiger partial charge >= 0.3 is 11.9 Å². The summed E-state index contributed by atoms with van der Waals surface area (Å²) in [6.07, 6.45) is 0. The third-order valence-electron chi connectivity index (χ3n) is 1.70. The number of primary amides is 1. The van der Waals surface area contributed by atoms with Crippen molar-refractivity contribution in [3.05, 3.63) is 28.8 Å². The van der Waals surface area contributed by atoms with Gasteiger partial charge in [0.25, 0.3) is 5.91 Å². The van der Waals surface area contributed by atoms with E-state index >= 15 is 0 Å². The number of rotatable bonds is 2. The molecule has 0 aliphatic rings. The van der Waals surface area contributed by atoms with Crippen molar-refractivity contribution in [2.24, 2.45) is 5.73 Å². The molecule has 7 heteroatoms. The molecule has 1 aromatic rings. The number of amides is 2. The van der Waals surface area contributed by atoms with Crippen molar-refractivity contribution < 1.29 is 19.5 Å². The lowest BCUT2D eigenvalue weighted by molar-refractivity contribution is -0.147. The summed E-state index contributed by atoms with van der Waals surface area (Å²) in [5.74, 6) is -3.80. The van der Waals surface area contributed by atoms with Gasteiger partial charge in [-0.1, -0.05) is 17.7 Å². The van der Waals surface area contributed by atoms with Crippen molar-refractivity contribution in [3.8, 4) is 0 Å². The maximum atomic E-state index is 11.0. The number of anilines is 1. The topological polar surface area (TPSA) is 109 Å². The van der Waals surface area contributed by atoms with E-state index in [0.717, 1.165) is 0 Å². The van der Waals surface area contributed by atoms with Crippen LogP contribution in [0.2, 0.25) is 5.02 Å². The molecule has 1 rings (SSSR count). The Labute approximate surface area is 95.0 Å². The number of carboxylic acid groups (broad SMARTS) is 1. The second-order valence-electron chi connectivity index (χ2n) is 2.79. The van der Waals surface area contributed by atoms with Crippen LogP contribution in [-0.2, 0) is 9.59 Å². The Morgan fingerprint density at radius 1 is 1.31 bits per heavy atom. The van der Waals surface area contributed by atoms with Crippen molar-refractivity contribution in [1.82, 2.24) is 0 Å². The minimum absolute atomic E-state index is 0.0348. The molecule has 0 aliphatic carbocycles. The molecule has 0 aromatic heterocycles. The number of halogens is 1. The molecular formula is C9H7ClN2O4. The number of carboxylic acids is 1. The van der Waals surface area contributed by atoms with Crippen molar-refractivity contribution in [2.45, 2.75) is 0 Å². The summed E-state index contributed by atoms with van der Waals surface area (Å²) >= 11 is 5.69. The molecule has 0 aliphatic heterocycles. The number of hydrogen-bond acceptors (Lipinski definition) is 3. The van der Waals surface area contributed by atoms with Crippen LogP contribution < -0.4 is 11.1 Å². The summed E-state index contributed by atoms with van der Waals surface area (Å²) in [4.78, 5) is 32.2. The molecule has 0 heterocycles. The molecule has 0 spiro atoms. The summed E-state index contributed by atoms with van der Waals surface area (Å²) in [5, 5.41) is 10.4. The molecule has 1 aromatic carbocycles. The van der Waals surface area contributed by atoms with Gasteiger partial charge in [-0.2, -0.15) is 0 Å². The number of nitrogens with two attached hydrogens (primary N) is 1. The highest BCUT2D eigenvalue weighted by Gasteiger charge is 2.17. The lowest BCUT2D eigenvalue weighted by atomic mass is 10.1. The van der Waals surface area contributed by atoms with Crippen LogP contribution in [0.15, 0.2) is 18.2 Å². The highest BCUT2D eigenvalue weighted by Crippen LogP contribution is 2.23. The van der Waals surface area contributed by atoms with Crippen LogP contribution in [-0.4, -0.2) is 22.9 Å². The molecule has 2 amide bonds. The Kier molecular flexibility index (Phi) is 3.47. The zero-order chi connectivity index (χ0) is 12.3. The van der Waals surface area contributed by atoms with Gasteiger partial charge in [0.05, 0.1) is 16.3 Å². The summed E-state index contributed by atoms with van der Waals surface area (Å²) in [6.45, 7) is 0. The highest BCUT2D eigenvalue weighted by molar-refractivity contribution is 6.38. The van der Waals surface area contributed by atoms with Crippen LogP contribution in [0.4, 0.5) is 5.69 Å². The zero-order valence-electron chi connectivity index (χ0n) is 7.86. The maximum absolute atomic E-state index is 11.0. The largest absolute Gasteiger partial charge is 0.474 e. The SMILES string of the molecule is NC(=O)c1c(Cl)cccc1NC(=O)C(=O)O. The van der Waals surface area contributed by atoms with E-state index in [0.29, 0.717) is 0 Å². The molecule has 16 heavy (non-hydrogen) atoms. The fourth-order valence-corrected chi connectivity index (χ4v) is 1.32. The van der Waals surface area contributed by atoms with Crippen LogP contribution in [0.5, 0.6) is 0 Å². The van der Waals surface area contributed by atoms with Gasteiger partial charge in [0, 0.05) is 0 Å². The molecule has 0 saturated carbocycles. The first-order valence-electron chi connectivity index (χ1n) is 4.06. The van der Waals surface area contributed by atoms with Gasteiger partial charge in [0.15, 0.2) is 0 Å². The molecule has 0 fully saturated rings. The second kappa shape index (κ2) is 4.63. The number of carbonyl (C=O) groups excluding carboxylic acids is 2. The first kappa shape index (κ1) is 12.0. The van der Waals surface area contributed by atoms with Crippen LogP contribution in [0.1, 0.15) is 10.4 Å². The summed E-state index contributed by atoms with van der Waals surface area (Å²) in [5.41, 5.74) is 4.88. The standard InChI is InChI=1S/C9H7ClN2O4/c10-4-2-1-3-5(6(4)7(11)13)12-8(14)9(15)16/h1-3H,(H2,11,13)(H,12,14)(H,15,16). The normalized spacial score (nSPS) is 9.56. The van der Waals surface area contributed by atoms with E-state index < -0.39 is 17.8 Å². The van der Waals surface area contributed by atoms with E-state index in [-0.39, 0.29) is 16.3 Å². The van der Waals surface area contributed by atoms with Gasteiger partial charge in [-0.15, -0.1) is 0 Å². The lowest BCUT2D eigenvalue weighted by Gasteiger charge is -2.08. The lowest BCUT2D eigenvalue weighted by Crippen LogP contribution is -2.24. The van der Waals surface area contributed by atoms with Gasteiger partial charge in [-0.3, -0.25) is 9.59 Å². The number of aliphatic carboxylic acids is 1. The van der Waals surface area contributed by atoms with Crippen LogP contribution in [0.25, 0.3) is 0 Å². The molecule has 0 saturated heterocycles. The van der Waals surface area contributed by atoms with E-state index in [2.05, 4.69) is 0 Å². The molecule has 0 bridgehead atoms. The van der Waals surface area contributed by atoms with E-state index in [1.54, 1.807) is 0 Å². The molecular weight excluding hydrogens is 236 g/mol. The average molecular weight is 243 g/mol. The van der Waals surface area contributed by atoms with Crippen molar-refractivity contribution >= 4 is 35.1 Å². The van der Waals surface area contributed by atoms with Crippen LogP contribution in [0, 0.1) is 0 Å². The van der Waals surface area contributed by atoms with Crippen LogP contribution >= 0.6 is 11.6 Å². The molecule has 84 valence electrons. The molecule has 4 N–H and O–H groups in total. The van der Waals surface area contributed by atoms with Crippen molar-refractivity contribution in [3.63, 3.8) is 0 Å². The Balaban J connectivity index is 3.14. The second-order valence-corrected chi connectivity index (χ2v) is 3.19. The van der Waals surface area contributed by atoms with E-state index in [9.17, 15) is 14.4 Å². The van der Waals surface area contributed by atoms with Crippen molar-refractivity contribution in [2.75, 3.05) is 5.32 Å². The monoisotopic (exact) mass is 242 g/mol. The average Bonchev–Trinajstić information content (AvgIpc) is 2.16. The number of benzene rings is 1.